The fraction of sp³-hybridized carbons (Fsp3) is 0.333. The Kier molecular flexibility index (Phi) is 7.68. The zero-order valence-electron chi connectivity index (χ0n) is 16.7. The van der Waals surface area contributed by atoms with Crippen molar-refractivity contribution >= 4 is 17.5 Å². The van der Waals surface area contributed by atoms with Gasteiger partial charge >= 0.3 is 0 Å². The molecule has 0 bridgehead atoms. The van der Waals surface area contributed by atoms with Crippen LogP contribution in [0.2, 0.25) is 0 Å². The van der Waals surface area contributed by atoms with Crippen molar-refractivity contribution in [2.45, 2.75) is 20.4 Å². The average Bonchev–Trinajstić information content (AvgIpc) is 2.70. The summed E-state index contributed by atoms with van der Waals surface area (Å²) in [5.41, 5.74) is 1.42. The van der Waals surface area contributed by atoms with Crippen LogP contribution in [0, 0.1) is 0 Å². The largest absolute Gasteiger partial charge is 0.493 e. The van der Waals surface area contributed by atoms with Crippen LogP contribution in [-0.2, 0) is 16.1 Å². The molecule has 0 atom stereocenters. The third kappa shape index (κ3) is 5.39. The summed E-state index contributed by atoms with van der Waals surface area (Å²) in [4.78, 5) is 26.0. The van der Waals surface area contributed by atoms with Crippen LogP contribution in [0.4, 0.5) is 5.69 Å². The first-order chi connectivity index (χ1) is 13.5. The first-order valence-corrected chi connectivity index (χ1v) is 8.97. The molecule has 0 heterocycles. The van der Waals surface area contributed by atoms with E-state index < -0.39 is 0 Å². The van der Waals surface area contributed by atoms with Gasteiger partial charge in [0, 0.05) is 13.5 Å². The predicted octanol–water partition coefficient (Wildman–Crippen LogP) is 2.77. The molecule has 0 saturated heterocycles. The Morgan fingerprint density at radius 1 is 1.00 bits per heavy atom. The molecular weight excluding hydrogens is 360 g/mol. The predicted molar refractivity (Wildman–Crippen MR) is 107 cm³/mol. The number of anilines is 1. The third-order valence-electron chi connectivity index (χ3n) is 4.08. The summed E-state index contributed by atoms with van der Waals surface area (Å²) in [5, 5.41) is 2.82. The lowest BCUT2D eigenvalue weighted by molar-refractivity contribution is -0.123. The number of nitrogens with one attached hydrogen (secondary N) is 1. The summed E-state index contributed by atoms with van der Waals surface area (Å²) in [5.74, 6) is 1.25. The molecule has 0 saturated carbocycles. The quantitative estimate of drug-likeness (QED) is 0.717. The standard InChI is InChI=1S/C21H26N2O5/c1-5-28-18-9-7-6-8-17(18)23(15(2)24)14-21(25)22-13-16-10-11-19(26-3)20(12-16)27-4/h6-12H,5,13-14H2,1-4H3,(H,22,25). The number of rotatable bonds is 9. The van der Waals surface area contributed by atoms with Gasteiger partial charge in [-0.2, -0.15) is 0 Å². The molecule has 0 aliphatic carbocycles. The van der Waals surface area contributed by atoms with Gasteiger partial charge in [-0.15, -0.1) is 0 Å². The number of para-hydroxylation sites is 2. The SMILES string of the molecule is CCOc1ccccc1N(CC(=O)NCc1ccc(OC)c(OC)c1)C(C)=O. The minimum Gasteiger partial charge on any atom is -0.493 e. The molecule has 0 aliphatic rings. The maximum atomic E-state index is 12.4. The van der Waals surface area contributed by atoms with Gasteiger partial charge in [0.05, 0.1) is 26.5 Å². The van der Waals surface area contributed by atoms with Gasteiger partial charge in [0.1, 0.15) is 12.3 Å². The van der Waals surface area contributed by atoms with Crippen molar-refractivity contribution in [1.82, 2.24) is 5.32 Å². The second-order valence-corrected chi connectivity index (χ2v) is 5.97. The highest BCUT2D eigenvalue weighted by Crippen LogP contribution is 2.29. The molecule has 0 aliphatic heterocycles. The van der Waals surface area contributed by atoms with E-state index in [4.69, 9.17) is 14.2 Å². The Labute approximate surface area is 165 Å². The van der Waals surface area contributed by atoms with Crippen molar-refractivity contribution < 1.29 is 23.8 Å². The summed E-state index contributed by atoms with van der Waals surface area (Å²) in [6.45, 7) is 3.95. The van der Waals surface area contributed by atoms with Gasteiger partial charge in [0.15, 0.2) is 11.5 Å². The van der Waals surface area contributed by atoms with Crippen molar-refractivity contribution in [3.8, 4) is 17.2 Å². The van der Waals surface area contributed by atoms with E-state index >= 15 is 0 Å². The van der Waals surface area contributed by atoms with E-state index in [1.165, 1.54) is 11.8 Å². The molecule has 0 radical (unpaired) electrons. The number of nitrogens with zero attached hydrogens (tertiary/aromatic N) is 1. The number of carbonyl (C=O) groups excluding carboxylic acids is 2. The fourth-order valence-electron chi connectivity index (χ4n) is 2.71. The lowest BCUT2D eigenvalue weighted by atomic mass is 10.2. The van der Waals surface area contributed by atoms with Crippen LogP contribution < -0.4 is 24.4 Å². The van der Waals surface area contributed by atoms with Gasteiger partial charge in [-0.3, -0.25) is 14.5 Å². The zero-order valence-corrected chi connectivity index (χ0v) is 16.7. The lowest BCUT2D eigenvalue weighted by Gasteiger charge is -2.23. The summed E-state index contributed by atoms with van der Waals surface area (Å²) in [6, 6.07) is 12.6. The molecule has 150 valence electrons. The van der Waals surface area contributed by atoms with Gasteiger partial charge in [0.25, 0.3) is 0 Å². The van der Waals surface area contributed by atoms with E-state index in [1.807, 2.05) is 19.1 Å². The molecule has 0 unspecified atom stereocenters. The number of amides is 2. The Morgan fingerprint density at radius 2 is 1.71 bits per heavy atom. The number of benzene rings is 2. The van der Waals surface area contributed by atoms with E-state index in [0.717, 1.165) is 5.56 Å². The molecule has 28 heavy (non-hydrogen) atoms. The Hall–Kier alpha value is -3.22. The number of methoxy groups -OCH3 is 2. The summed E-state index contributed by atoms with van der Waals surface area (Å²) < 4.78 is 16.1. The van der Waals surface area contributed by atoms with Crippen LogP contribution in [-0.4, -0.2) is 39.2 Å². The smallest absolute Gasteiger partial charge is 0.240 e. The Bertz CT molecular complexity index is 822. The first-order valence-electron chi connectivity index (χ1n) is 8.97. The van der Waals surface area contributed by atoms with Crippen LogP contribution in [0.15, 0.2) is 42.5 Å². The molecule has 2 rings (SSSR count). The summed E-state index contributed by atoms with van der Waals surface area (Å²) in [6.07, 6.45) is 0. The van der Waals surface area contributed by atoms with Crippen molar-refractivity contribution in [2.24, 2.45) is 0 Å². The normalized spacial score (nSPS) is 10.1. The monoisotopic (exact) mass is 386 g/mol. The van der Waals surface area contributed by atoms with Crippen molar-refractivity contribution in [3.63, 3.8) is 0 Å². The van der Waals surface area contributed by atoms with Crippen molar-refractivity contribution in [1.29, 1.82) is 0 Å². The summed E-state index contributed by atoms with van der Waals surface area (Å²) >= 11 is 0. The van der Waals surface area contributed by atoms with Crippen LogP contribution in [0.1, 0.15) is 19.4 Å². The minimum absolute atomic E-state index is 0.104. The number of carbonyl (C=O) groups is 2. The molecule has 7 heteroatoms. The van der Waals surface area contributed by atoms with Crippen LogP contribution in [0.25, 0.3) is 0 Å². The maximum absolute atomic E-state index is 12.4. The van der Waals surface area contributed by atoms with E-state index in [1.54, 1.807) is 44.6 Å². The number of hydrogen-bond acceptors (Lipinski definition) is 5. The molecule has 7 nitrogen and oxygen atoms in total. The van der Waals surface area contributed by atoms with Gasteiger partial charge in [-0.05, 0) is 36.8 Å². The summed E-state index contributed by atoms with van der Waals surface area (Å²) in [7, 11) is 3.12. The zero-order chi connectivity index (χ0) is 20.5. The third-order valence-corrected chi connectivity index (χ3v) is 4.08. The average molecular weight is 386 g/mol. The highest BCUT2D eigenvalue weighted by Gasteiger charge is 2.19. The van der Waals surface area contributed by atoms with Gasteiger partial charge in [-0.25, -0.2) is 0 Å². The minimum atomic E-state index is -0.281. The van der Waals surface area contributed by atoms with E-state index in [9.17, 15) is 9.59 Å². The highest BCUT2D eigenvalue weighted by atomic mass is 16.5. The number of hydrogen-bond donors (Lipinski definition) is 1. The fourth-order valence-corrected chi connectivity index (χ4v) is 2.71. The second-order valence-electron chi connectivity index (χ2n) is 5.97. The van der Waals surface area contributed by atoms with Gasteiger partial charge < -0.3 is 19.5 Å². The molecule has 1 N–H and O–H groups in total. The second kappa shape index (κ2) is 10.2. The Morgan fingerprint density at radius 3 is 2.36 bits per heavy atom. The molecular formula is C21H26N2O5. The van der Waals surface area contributed by atoms with Crippen molar-refractivity contribution in [3.05, 3.63) is 48.0 Å². The van der Waals surface area contributed by atoms with E-state index in [0.29, 0.717) is 36.1 Å². The first kappa shape index (κ1) is 21.1. The molecule has 2 amide bonds. The molecule has 0 fully saturated rings. The highest BCUT2D eigenvalue weighted by molar-refractivity contribution is 5.98. The molecule has 0 aromatic heterocycles. The van der Waals surface area contributed by atoms with Gasteiger partial charge in [-0.1, -0.05) is 18.2 Å². The lowest BCUT2D eigenvalue weighted by Crippen LogP contribution is -2.39. The topological polar surface area (TPSA) is 77.1 Å². The van der Waals surface area contributed by atoms with Gasteiger partial charge in [0.2, 0.25) is 11.8 Å². The molecule has 2 aromatic rings. The van der Waals surface area contributed by atoms with Crippen LogP contribution >= 0.6 is 0 Å². The van der Waals surface area contributed by atoms with Crippen molar-refractivity contribution in [2.75, 3.05) is 32.3 Å². The maximum Gasteiger partial charge on any atom is 0.240 e. The molecule has 0 spiro atoms. The van der Waals surface area contributed by atoms with E-state index in [2.05, 4.69) is 5.32 Å². The van der Waals surface area contributed by atoms with Crippen LogP contribution in [0.5, 0.6) is 17.2 Å². The van der Waals surface area contributed by atoms with E-state index in [-0.39, 0.29) is 18.4 Å². The van der Waals surface area contributed by atoms with Crippen LogP contribution in [0.3, 0.4) is 0 Å². The Balaban J connectivity index is 2.07. The molecule has 2 aromatic carbocycles. The number of ether oxygens (including phenoxy) is 3.